The van der Waals surface area contributed by atoms with Crippen LogP contribution >= 0.6 is 11.8 Å². The summed E-state index contributed by atoms with van der Waals surface area (Å²) in [4.78, 5) is 11.3. The first-order chi connectivity index (χ1) is 18.0. The number of nitrogens with two attached hydrogens (primary N) is 2. The predicted octanol–water partition coefficient (Wildman–Crippen LogP) is 5.52. The van der Waals surface area contributed by atoms with Crippen LogP contribution in [0.2, 0.25) is 0 Å². The molecule has 0 aliphatic heterocycles. The average Bonchev–Trinajstić information content (AvgIpc) is 2.94. The zero-order valence-corrected chi connectivity index (χ0v) is 21.2. The van der Waals surface area contributed by atoms with Gasteiger partial charge < -0.3 is 15.4 Å². The number of ether oxygens (including phenoxy) is 1. The van der Waals surface area contributed by atoms with Crippen molar-refractivity contribution in [1.82, 2.24) is 0 Å². The lowest BCUT2D eigenvalue weighted by atomic mass is 10.1. The van der Waals surface area contributed by atoms with Crippen molar-refractivity contribution in [3.8, 4) is 5.75 Å². The number of amidine groups is 1. The maximum absolute atomic E-state index is 12.5. The second-order valence-corrected chi connectivity index (χ2v) is 8.67. The SMILES string of the molecule is C=C(/N=C(/CS/C(=N/N)N(C(=C)Cc1ccccc1)c1ccc(OCCF)cc1)ON)c1ccccc1. The minimum absolute atomic E-state index is 0.00932. The molecule has 3 aromatic rings. The average molecular weight is 520 g/mol. The summed E-state index contributed by atoms with van der Waals surface area (Å²) in [6.45, 7) is 7.73. The van der Waals surface area contributed by atoms with Gasteiger partial charge in [-0.25, -0.2) is 9.38 Å². The third-order valence-corrected chi connectivity index (χ3v) is 6.07. The first-order valence-corrected chi connectivity index (χ1v) is 12.4. The Labute approximate surface area is 220 Å². The van der Waals surface area contributed by atoms with Crippen molar-refractivity contribution in [3.63, 3.8) is 0 Å². The number of allylic oxidation sites excluding steroid dienone is 1. The number of aliphatic imine (C=N–C) groups is 1. The maximum Gasteiger partial charge on any atom is 0.224 e. The van der Waals surface area contributed by atoms with Crippen LogP contribution < -0.4 is 21.4 Å². The quantitative estimate of drug-likeness (QED) is 0.150. The molecule has 37 heavy (non-hydrogen) atoms. The summed E-state index contributed by atoms with van der Waals surface area (Å²) in [5.41, 5.74) is 3.94. The number of hydrogen-bond donors (Lipinski definition) is 2. The number of alkyl halides is 1. The van der Waals surface area contributed by atoms with Crippen LogP contribution in [0.1, 0.15) is 11.1 Å². The monoisotopic (exact) mass is 519 g/mol. The fourth-order valence-electron chi connectivity index (χ4n) is 3.41. The Morgan fingerprint density at radius 1 is 0.946 bits per heavy atom. The van der Waals surface area contributed by atoms with Crippen molar-refractivity contribution < 1.29 is 14.0 Å². The van der Waals surface area contributed by atoms with Gasteiger partial charge in [0, 0.05) is 17.8 Å². The number of hydrogen-bond acceptors (Lipinski definition) is 7. The maximum atomic E-state index is 12.5. The van der Waals surface area contributed by atoms with E-state index in [1.54, 1.807) is 12.1 Å². The molecule has 0 aliphatic carbocycles. The molecule has 0 saturated heterocycles. The Morgan fingerprint density at radius 3 is 2.19 bits per heavy atom. The molecule has 3 rings (SSSR count). The van der Waals surface area contributed by atoms with E-state index in [2.05, 4.69) is 23.3 Å². The highest BCUT2D eigenvalue weighted by atomic mass is 32.2. The molecule has 7 nitrogen and oxygen atoms in total. The van der Waals surface area contributed by atoms with E-state index in [9.17, 15) is 4.39 Å². The second kappa shape index (κ2) is 14.5. The van der Waals surface area contributed by atoms with Crippen molar-refractivity contribution >= 4 is 34.2 Å². The van der Waals surface area contributed by atoms with Gasteiger partial charge in [0.15, 0.2) is 5.17 Å². The van der Waals surface area contributed by atoms with E-state index in [4.69, 9.17) is 21.3 Å². The lowest BCUT2D eigenvalue weighted by molar-refractivity contribution is 0.273. The highest BCUT2D eigenvalue weighted by molar-refractivity contribution is 8.14. The van der Waals surface area contributed by atoms with Crippen LogP contribution in [0.15, 0.2) is 114 Å². The Kier molecular flexibility index (Phi) is 10.8. The third kappa shape index (κ3) is 8.23. The molecule has 3 aromatic carbocycles. The van der Waals surface area contributed by atoms with Gasteiger partial charge >= 0.3 is 0 Å². The van der Waals surface area contributed by atoms with Crippen molar-refractivity contribution in [2.45, 2.75) is 6.42 Å². The van der Waals surface area contributed by atoms with Crippen molar-refractivity contribution in [2.75, 3.05) is 23.9 Å². The van der Waals surface area contributed by atoms with Gasteiger partial charge in [-0.1, -0.05) is 85.6 Å². The fraction of sp³-hybridized carbons (Fsp3) is 0.143. The molecule has 0 spiro atoms. The standard InChI is InChI=1S/C28H30FN5O2S/c1-21(19-23-9-5-3-6-10-23)34(25-13-15-26(16-14-25)35-18-17-29)28(33-30)37-20-27(36-31)32-22(2)24-11-7-4-8-12-24/h3-16H,1-2,17-20,30-31H2/b32-27-,33-28+. The second-order valence-electron chi connectivity index (χ2n) is 7.73. The molecule has 0 aromatic heterocycles. The van der Waals surface area contributed by atoms with Crippen molar-refractivity contribution in [3.05, 3.63) is 115 Å². The van der Waals surface area contributed by atoms with E-state index in [1.807, 2.05) is 77.7 Å². The van der Waals surface area contributed by atoms with Gasteiger partial charge in [0.05, 0.1) is 11.4 Å². The molecule has 0 atom stereocenters. The highest BCUT2D eigenvalue weighted by Crippen LogP contribution is 2.28. The van der Waals surface area contributed by atoms with E-state index in [1.165, 1.54) is 11.8 Å². The Balaban J connectivity index is 1.83. The Morgan fingerprint density at radius 2 is 1.59 bits per heavy atom. The molecule has 0 aliphatic rings. The van der Waals surface area contributed by atoms with Gasteiger partial charge in [-0.15, -0.1) is 0 Å². The number of benzene rings is 3. The summed E-state index contributed by atoms with van der Waals surface area (Å²) in [5, 5.41) is 4.49. The largest absolute Gasteiger partial charge is 0.491 e. The highest BCUT2D eigenvalue weighted by Gasteiger charge is 2.20. The van der Waals surface area contributed by atoms with E-state index in [0.717, 1.165) is 22.5 Å². The molecular weight excluding hydrogens is 489 g/mol. The van der Waals surface area contributed by atoms with E-state index in [0.29, 0.717) is 23.0 Å². The van der Waals surface area contributed by atoms with Gasteiger partial charge in [0.2, 0.25) is 5.90 Å². The van der Waals surface area contributed by atoms with Crippen molar-refractivity contribution in [1.29, 1.82) is 0 Å². The molecule has 192 valence electrons. The Bertz CT molecular complexity index is 1220. The van der Waals surface area contributed by atoms with E-state index >= 15 is 0 Å². The van der Waals surface area contributed by atoms with Crippen LogP contribution in [0.4, 0.5) is 10.1 Å². The molecule has 9 heteroatoms. The zero-order chi connectivity index (χ0) is 26.5. The Hall–Kier alpha value is -4.08. The number of rotatable bonds is 11. The molecule has 0 heterocycles. The smallest absolute Gasteiger partial charge is 0.224 e. The van der Waals surface area contributed by atoms with Crippen LogP contribution in [0.25, 0.3) is 5.70 Å². The number of nitrogens with zero attached hydrogens (tertiary/aromatic N) is 3. The first kappa shape index (κ1) is 27.5. The van der Waals surface area contributed by atoms with Crippen LogP contribution in [-0.4, -0.2) is 30.1 Å². The first-order valence-electron chi connectivity index (χ1n) is 11.5. The van der Waals surface area contributed by atoms with E-state index < -0.39 is 6.67 Å². The summed E-state index contributed by atoms with van der Waals surface area (Å²) >= 11 is 1.28. The normalized spacial score (nSPS) is 11.6. The number of thioether (sulfide) groups is 1. The van der Waals surface area contributed by atoms with Crippen LogP contribution in [-0.2, 0) is 11.3 Å². The van der Waals surface area contributed by atoms with Gasteiger partial charge in [0.1, 0.15) is 19.0 Å². The van der Waals surface area contributed by atoms with Gasteiger partial charge in [-0.3, -0.25) is 4.90 Å². The van der Waals surface area contributed by atoms with Crippen LogP contribution in [0.5, 0.6) is 5.75 Å². The summed E-state index contributed by atoms with van der Waals surface area (Å²) in [6.07, 6.45) is 0.555. The summed E-state index contributed by atoms with van der Waals surface area (Å²) in [7, 11) is 0. The molecule has 0 saturated carbocycles. The molecule has 4 N–H and O–H groups in total. The van der Waals surface area contributed by atoms with Gasteiger partial charge in [-0.2, -0.15) is 11.0 Å². The molecule has 0 radical (unpaired) electrons. The number of anilines is 1. The molecular formula is C28H30FN5O2S. The summed E-state index contributed by atoms with van der Waals surface area (Å²) in [6, 6.07) is 26.6. The zero-order valence-electron chi connectivity index (χ0n) is 20.4. The minimum Gasteiger partial charge on any atom is -0.491 e. The molecule has 0 fully saturated rings. The topological polar surface area (TPSA) is 98.5 Å². The fourth-order valence-corrected chi connectivity index (χ4v) is 4.23. The van der Waals surface area contributed by atoms with Gasteiger partial charge in [-0.05, 0) is 35.4 Å². The van der Waals surface area contributed by atoms with E-state index in [-0.39, 0.29) is 18.3 Å². The summed E-state index contributed by atoms with van der Waals surface area (Å²) < 4.78 is 17.9. The summed E-state index contributed by atoms with van der Waals surface area (Å²) in [5.74, 6) is 12.4. The number of halogens is 1. The molecule has 0 bridgehead atoms. The lowest BCUT2D eigenvalue weighted by Gasteiger charge is -2.27. The van der Waals surface area contributed by atoms with Crippen LogP contribution in [0, 0.1) is 0 Å². The third-order valence-electron chi connectivity index (χ3n) is 5.14. The number of hydrazone groups is 1. The van der Waals surface area contributed by atoms with Crippen molar-refractivity contribution in [2.24, 2.45) is 21.8 Å². The minimum atomic E-state index is -0.563. The lowest BCUT2D eigenvalue weighted by Crippen LogP contribution is -2.30. The predicted molar refractivity (Wildman–Crippen MR) is 152 cm³/mol. The van der Waals surface area contributed by atoms with Gasteiger partial charge in [0.25, 0.3) is 0 Å². The molecule has 0 unspecified atom stereocenters. The van der Waals surface area contributed by atoms with Crippen LogP contribution in [0.3, 0.4) is 0 Å². The molecule has 0 amide bonds.